The Balaban J connectivity index is 1.75. The summed E-state index contributed by atoms with van der Waals surface area (Å²) in [4.78, 5) is 0. The van der Waals surface area contributed by atoms with E-state index in [1.54, 1.807) is 4.31 Å². The van der Waals surface area contributed by atoms with Gasteiger partial charge in [0.1, 0.15) is 0 Å². The molecular formula is C11H21N3O2S. The minimum Gasteiger partial charge on any atom is -0.313 e. The van der Waals surface area contributed by atoms with Crippen molar-refractivity contribution in [1.82, 2.24) is 14.3 Å². The van der Waals surface area contributed by atoms with Crippen LogP contribution in [0.15, 0.2) is 11.6 Å². The van der Waals surface area contributed by atoms with Crippen molar-refractivity contribution in [3.05, 3.63) is 11.6 Å². The van der Waals surface area contributed by atoms with Crippen molar-refractivity contribution >= 4 is 10.2 Å². The van der Waals surface area contributed by atoms with E-state index in [1.165, 1.54) is 5.57 Å². The zero-order valence-electron chi connectivity index (χ0n) is 10.1. The van der Waals surface area contributed by atoms with Gasteiger partial charge in [-0.1, -0.05) is 11.6 Å². The van der Waals surface area contributed by atoms with E-state index in [0.717, 1.165) is 38.8 Å². The third-order valence-corrected chi connectivity index (χ3v) is 4.91. The van der Waals surface area contributed by atoms with Gasteiger partial charge in [-0.25, -0.2) is 4.72 Å². The van der Waals surface area contributed by atoms with Crippen LogP contribution in [-0.4, -0.2) is 45.4 Å². The van der Waals surface area contributed by atoms with Gasteiger partial charge in [-0.2, -0.15) is 12.7 Å². The Kier molecular flexibility index (Phi) is 4.55. The summed E-state index contributed by atoms with van der Waals surface area (Å²) in [5.74, 6) is 0. The maximum absolute atomic E-state index is 11.9. The molecule has 0 aromatic rings. The summed E-state index contributed by atoms with van der Waals surface area (Å²) >= 11 is 0. The van der Waals surface area contributed by atoms with Gasteiger partial charge in [-0.05, 0) is 32.2 Å². The Hall–Kier alpha value is -0.430. The molecule has 0 radical (unpaired) electrons. The molecule has 0 amide bonds. The van der Waals surface area contributed by atoms with Gasteiger partial charge < -0.3 is 5.32 Å². The third kappa shape index (κ3) is 3.77. The van der Waals surface area contributed by atoms with Gasteiger partial charge >= 0.3 is 0 Å². The fraction of sp³-hybridized carbons (Fsp3) is 0.818. The molecule has 5 nitrogen and oxygen atoms in total. The highest BCUT2D eigenvalue weighted by Gasteiger charge is 2.24. The van der Waals surface area contributed by atoms with Crippen LogP contribution in [0.5, 0.6) is 0 Å². The topological polar surface area (TPSA) is 61.4 Å². The lowest BCUT2D eigenvalue weighted by Crippen LogP contribution is -2.39. The Morgan fingerprint density at radius 3 is 2.76 bits per heavy atom. The number of rotatable bonds is 5. The fourth-order valence-corrected chi connectivity index (χ4v) is 3.54. The molecule has 98 valence electrons. The molecular weight excluding hydrogens is 238 g/mol. The van der Waals surface area contributed by atoms with Crippen molar-refractivity contribution in [1.29, 1.82) is 0 Å². The summed E-state index contributed by atoms with van der Waals surface area (Å²) in [6, 6.07) is 0. The van der Waals surface area contributed by atoms with Gasteiger partial charge in [0, 0.05) is 26.2 Å². The normalized spacial score (nSPS) is 22.7. The van der Waals surface area contributed by atoms with Crippen LogP contribution in [-0.2, 0) is 10.2 Å². The summed E-state index contributed by atoms with van der Waals surface area (Å²) in [7, 11) is -3.22. The fourth-order valence-electron chi connectivity index (χ4n) is 2.26. The van der Waals surface area contributed by atoms with E-state index in [-0.39, 0.29) is 0 Å². The molecule has 0 unspecified atom stereocenters. The molecule has 0 saturated carbocycles. The lowest BCUT2D eigenvalue weighted by Gasteiger charge is -2.17. The minimum absolute atomic E-state index is 0.519. The van der Waals surface area contributed by atoms with Gasteiger partial charge in [0.15, 0.2) is 0 Å². The number of nitrogens with zero attached hydrogens (tertiary/aromatic N) is 1. The van der Waals surface area contributed by atoms with Crippen LogP contribution in [0.2, 0.25) is 0 Å². The van der Waals surface area contributed by atoms with E-state index in [9.17, 15) is 8.42 Å². The first-order chi connectivity index (χ1) is 8.18. The van der Waals surface area contributed by atoms with Crippen LogP contribution in [0, 0.1) is 0 Å². The SMILES string of the molecule is O=S(=O)(NCCC1=CCNCC1)N1CCCC1. The van der Waals surface area contributed by atoms with E-state index in [2.05, 4.69) is 16.1 Å². The molecule has 2 N–H and O–H groups in total. The van der Waals surface area contributed by atoms with E-state index in [1.807, 2.05) is 0 Å². The van der Waals surface area contributed by atoms with E-state index in [4.69, 9.17) is 0 Å². The predicted molar refractivity (Wildman–Crippen MR) is 67.9 cm³/mol. The molecule has 6 heteroatoms. The smallest absolute Gasteiger partial charge is 0.279 e. The molecule has 0 aliphatic carbocycles. The Labute approximate surface area is 103 Å². The summed E-state index contributed by atoms with van der Waals surface area (Å²) in [6.07, 6.45) is 5.99. The van der Waals surface area contributed by atoms with Crippen molar-refractivity contribution in [2.75, 3.05) is 32.7 Å². The van der Waals surface area contributed by atoms with Crippen LogP contribution in [0.25, 0.3) is 0 Å². The highest BCUT2D eigenvalue weighted by atomic mass is 32.2. The Morgan fingerprint density at radius 2 is 2.12 bits per heavy atom. The predicted octanol–water partition coefficient (Wildman–Crippen LogP) is 0.226. The van der Waals surface area contributed by atoms with Crippen molar-refractivity contribution in [2.24, 2.45) is 0 Å². The maximum atomic E-state index is 11.9. The molecule has 0 aromatic carbocycles. The summed E-state index contributed by atoms with van der Waals surface area (Å²) < 4.78 is 27.9. The van der Waals surface area contributed by atoms with Gasteiger partial charge in [-0.3, -0.25) is 0 Å². The lowest BCUT2D eigenvalue weighted by molar-refractivity contribution is 0.465. The van der Waals surface area contributed by atoms with Gasteiger partial charge in [-0.15, -0.1) is 0 Å². The average molecular weight is 259 g/mol. The highest BCUT2D eigenvalue weighted by Crippen LogP contribution is 2.12. The molecule has 2 aliphatic rings. The molecule has 1 saturated heterocycles. The molecule has 2 heterocycles. The van der Waals surface area contributed by atoms with Crippen LogP contribution < -0.4 is 10.0 Å². The maximum Gasteiger partial charge on any atom is 0.279 e. The zero-order valence-corrected chi connectivity index (χ0v) is 10.9. The van der Waals surface area contributed by atoms with Crippen LogP contribution >= 0.6 is 0 Å². The monoisotopic (exact) mass is 259 g/mol. The van der Waals surface area contributed by atoms with Crippen molar-refractivity contribution < 1.29 is 8.42 Å². The summed E-state index contributed by atoms with van der Waals surface area (Å²) in [6.45, 7) is 3.77. The van der Waals surface area contributed by atoms with Crippen molar-refractivity contribution in [3.8, 4) is 0 Å². The second-order valence-corrected chi connectivity index (χ2v) is 6.33. The van der Waals surface area contributed by atoms with Crippen LogP contribution in [0.1, 0.15) is 25.7 Å². The second-order valence-electron chi connectivity index (χ2n) is 4.57. The van der Waals surface area contributed by atoms with E-state index in [0.29, 0.717) is 19.6 Å². The second kappa shape index (κ2) is 5.95. The van der Waals surface area contributed by atoms with Crippen molar-refractivity contribution in [2.45, 2.75) is 25.7 Å². The van der Waals surface area contributed by atoms with E-state index >= 15 is 0 Å². The number of hydrogen-bond acceptors (Lipinski definition) is 3. The quantitative estimate of drug-likeness (QED) is 0.695. The van der Waals surface area contributed by atoms with E-state index < -0.39 is 10.2 Å². The Morgan fingerprint density at radius 1 is 1.35 bits per heavy atom. The van der Waals surface area contributed by atoms with Gasteiger partial charge in [0.05, 0.1) is 0 Å². The van der Waals surface area contributed by atoms with Gasteiger partial charge in [0.25, 0.3) is 10.2 Å². The van der Waals surface area contributed by atoms with Crippen molar-refractivity contribution in [3.63, 3.8) is 0 Å². The minimum atomic E-state index is -3.22. The molecule has 2 rings (SSSR count). The molecule has 0 spiro atoms. The largest absolute Gasteiger partial charge is 0.313 e. The number of hydrogen-bond donors (Lipinski definition) is 2. The summed E-state index contributed by atoms with van der Waals surface area (Å²) in [5, 5.41) is 3.24. The first-order valence-electron chi connectivity index (χ1n) is 6.32. The zero-order chi connectivity index (χ0) is 12.1. The molecule has 1 fully saturated rings. The average Bonchev–Trinajstić information content (AvgIpc) is 2.84. The summed E-state index contributed by atoms with van der Waals surface area (Å²) in [5.41, 5.74) is 1.35. The lowest BCUT2D eigenvalue weighted by atomic mass is 10.1. The highest BCUT2D eigenvalue weighted by molar-refractivity contribution is 7.87. The Bertz CT molecular complexity index is 372. The third-order valence-electron chi connectivity index (χ3n) is 3.29. The molecule has 0 bridgehead atoms. The molecule has 2 aliphatic heterocycles. The first-order valence-corrected chi connectivity index (χ1v) is 7.76. The van der Waals surface area contributed by atoms with Crippen LogP contribution in [0.4, 0.5) is 0 Å². The molecule has 0 atom stereocenters. The standard InChI is InChI=1S/C11H21N3O2S/c15-17(16,14-9-1-2-10-14)13-8-5-11-3-6-12-7-4-11/h3,12-13H,1-2,4-10H2. The number of nitrogens with one attached hydrogen (secondary N) is 2. The van der Waals surface area contributed by atoms with Gasteiger partial charge in [0.2, 0.25) is 0 Å². The van der Waals surface area contributed by atoms with Crippen LogP contribution in [0.3, 0.4) is 0 Å². The molecule has 17 heavy (non-hydrogen) atoms. The first kappa shape index (κ1) is 13.0. The molecule has 0 aromatic heterocycles.